The van der Waals surface area contributed by atoms with Crippen LogP contribution in [0.4, 0.5) is 8.78 Å². The molecule has 2 N–H and O–H groups in total. The number of aliphatic hydroxyl groups is 1. The molecule has 0 aliphatic carbocycles. The molecule has 8 heteroatoms. The molecule has 1 atom stereocenters. The molecule has 124 valence electrons. The fraction of sp³-hybridized carbons (Fsp3) is 0.333. The Morgan fingerprint density at radius 3 is 2.87 bits per heavy atom. The molecule has 2 aromatic rings. The van der Waals surface area contributed by atoms with Gasteiger partial charge in [0.05, 0.1) is 13.2 Å². The fourth-order valence-electron chi connectivity index (χ4n) is 1.97. The second kappa shape index (κ2) is 7.12. The number of thiazole rings is 1. The second-order valence-corrected chi connectivity index (χ2v) is 6.08. The van der Waals surface area contributed by atoms with Gasteiger partial charge in [0.1, 0.15) is 27.9 Å². The van der Waals surface area contributed by atoms with Crippen molar-refractivity contribution in [3.05, 3.63) is 51.5 Å². The second-order valence-electron chi connectivity index (χ2n) is 5.14. The highest BCUT2D eigenvalue weighted by atomic mass is 32.1. The van der Waals surface area contributed by atoms with E-state index in [2.05, 4.69) is 10.3 Å². The number of nitrogens with one attached hydrogen (secondary N) is 1. The number of rotatable bonds is 6. The van der Waals surface area contributed by atoms with E-state index in [-0.39, 0.29) is 17.8 Å². The van der Waals surface area contributed by atoms with Crippen molar-refractivity contribution in [3.63, 3.8) is 0 Å². The van der Waals surface area contributed by atoms with Crippen LogP contribution in [-0.2, 0) is 16.9 Å². The van der Waals surface area contributed by atoms with Gasteiger partial charge in [-0.1, -0.05) is 6.07 Å². The average Bonchev–Trinajstić information content (AvgIpc) is 2.93. The van der Waals surface area contributed by atoms with Gasteiger partial charge >= 0.3 is 0 Å². The minimum absolute atomic E-state index is 0.0995. The molecule has 1 unspecified atom stereocenters. The highest BCUT2D eigenvalue weighted by molar-refractivity contribution is 7.09. The number of hydrogen-bond acceptors (Lipinski definition) is 5. The maximum atomic E-state index is 13.7. The molecule has 1 aromatic heterocycles. The Morgan fingerprint density at radius 1 is 1.48 bits per heavy atom. The van der Waals surface area contributed by atoms with Gasteiger partial charge in [0.25, 0.3) is 5.91 Å². The number of hydrogen-bond donors (Lipinski definition) is 2. The first-order valence-electron chi connectivity index (χ1n) is 6.73. The van der Waals surface area contributed by atoms with Crippen LogP contribution in [0, 0.1) is 11.6 Å². The Balaban J connectivity index is 2.04. The Bertz CT molecular complexity index is 704. The number of halogens is 2. The maximum Gasteiger partial charge on any atom is 0.270 e. The van der Waals surface area contributed by atoms with E-state index < -0.39 is 23.1 Å². The summed E-state index contributed by atoms with van der Waals surface area (Å²) >= 11 is 1.28. The smallest absolute Gasteiger partial charge is 0.270 e. The molecule has 0 fully saturated rings. The number of carbonyl (C=O) groups is 1. The molecule has 23 heavy (non-hydrogen) atoms. The summed E-state index contributed by atoms with van der Waals surface area (Å²) in [6.07, 6.45) is 0. The lowest BCUT2D eigenvalue weighted by Crippen LogP contribution is -2.39. The monoisotopic (exact) mass is 342 g/mol. The largest absolute Gasteiger partial charge is 0.383 e. The molecule has 1 heterocycles. The summed E-state index contributed by atoms with van der Waals surface area (Å²) in [5.41, 5.74) is -1.59. The molecule has 5 nitrogen and oxygen atoms in total. The van der Waals surface area contributed by atoms with Gasteiger partial charge in [0.15, 0.2) is 0 Å². The molecule has 1 aromatic carbocycles. The van der Waals surface area contributed by atoms with Crippen molar-refractivity contribution in [1.82, 2.24) is 10.3 Å². The van der Waals surface area contributed by atoms with E-state index in [9.17, 15) is 18.7 Å². The minimum atomic E-state index is -1.68. The van der Waals surface area contributed by atoms with Gasteiger partial charge in [0, 0.05) is 24.1 Å². The lowest BCUT2D eigenvalue weighted by molar-refractivity contribution is 0.0493. The van der Waals surface area contributed by atoms with Crippen LogP contribution in [0.2, 0.25) is 0 Å². The molecular weight excluding hydrogens is 326 g/mol. The minimum Gasteiger partial charge on any atom is -0.383 e. The van der Waals surface area contributed by atoms with Gasteiger partial charge in [0.2, 0.25) is 0 Å². The first-order valence-corrected chi connectivity index (χ1v) is 7.61. The highest BCUT2D eigenvalue weighted by Crippen LogP contribution is 2.23. The molecule has 0 saturated heterocycles. The van der Waals surface area contributed by atoms with Crippen molar-refractivity contribution in [3.8, 4) is 0 Å². The molecule has 1 amide bonds. The van der Waals surface area contributed by atoms with Gasteiger partial charge in [-0.15, -0.1) is 11.3 Å². The molecule has 2 rings (SSSR count). The van der Waals surface area contributed by atoms with Crippen molar-refractivity contribution in [1.29, 1.82) is 0 Å². The standard InChI is InChI=1S/C15H16F2N2O3S/c1-15(21,10-4-3-9(16)5-11(10)17)8-18-14(20)12-7-23-13(19-12)6-22-2/h3-5,7,21H,6,8H2,1-2H3,(H,18,20). The predicted octanol–water partition coefficient (Wildman–Crippen LogP) is 2.21. The molecule has 0 radical (unpaired) electrons. The zero-order valence-electron chi connectivity index (χ0n) is 12.6. The van der Waals surface area contributed by atoms with Crippen LogP contribution in [0.5, 0.6) is 0 Å². The molecule has 0 aliphatic rings. The van der Waals surface area contributed by atoms with E-state index in [1.807, 2.05) is 0 Å². The predicted molar refractivity (Wildman–Crippen MR) is 81.1 cm³/mol. The Labute approximate surface area is 135 Å². The normalized spacial score (nSPS) is 13.6. The van der Waals surface area contributed by atoms with Crippen molar-refractivity contribution in [2.75, 3.05) is 13.7 Å². The SMILES string of the molecule is COCc1nc(C(=O)NCC(C)(O)c2ccc(F)cc2F)cs1. The third kappa shape index (κ3) is 4.31. The number of carbonyl (C=O) groups excluding carboxylic acids is 1. The van der Waals surface area contributed by atoms with Gasteiger partial charge in [-0.2, -0.15) is 0 Å². The van der Waals surface area contributed by atoms with E-state index in [4.69, 9.17) is 4.74 Å². The zero-order valence-corrected chi connectivity index (χ0v) is 13.4. The quantitative estimate of drug-likeness (QED) is 0.844. The van der Waals surface area contributed by atoms with Crippen LogP contribution >= 0.6 is 11.3 Å². The van der Waals surface area contributed by atoms with E-state index >= 15 is 0 Å². The Morgan fingerprint density at radius 2 is 2.22 bits per heavy atom. The van der Waals surface area contributed by atoms with Crippen LogP contribution in [0.15, 0.2) is 23.6 Å². The topological polar surface area (TPSA) is 71.5 Å². The number of aromatic nitrogens is 1. The molecule has 0 aliphatic heterocycles. The summed E-state index contributed by atoms with van der Waals surface area (Å²) in [7, 11) is 1.52. The highest BCUT2D eigenvalue weighted by Gasteiger charge is 2.28. The zero-order chi connectivity index (χ0) is 17.0. The van der Waals surface area contributed by atoms with Crippen LogP contribution < -0.4 is 5.32 Å². The summed E-state index contributed by atoms with van der Waals surface area (Å²) in [5, 5.41) is 15.0. The molecular formula is C15H16F2N2O3S. The van der Waals surface area contributed by atoms with E-state index in [0.29, 0.717) is 17.7 Å². The van der Waals surface area contributed by atoms with E-state index in [1.165, 1.54) is 25.4 Å². The number of benzene rings is 1. The van der Waals surface area contributed by atoms with Crippen LogP contribution in [0.1, 0.15) is 28.0 Å². The van der Waals surface area contributed by atoms with Gasteiger partial charge in [-0.25, -0.2) is 13.8 Å². The lowest BCUT2D eigenvalue weighted by atomic mass is 9.95. The first kappa shape index (κ1) is 17.5. The summed E-state index contributed by atoms with van der Waals surface area (Å²) < 4.78 is 31.6. The van der Waals surface area contributed by atoms with E-state index in [1.54, 1.807) is 5.38 Å². The summed E-state index contributed by atoms with van der Waals surface area (Å²) in [6, 6.07) is 2.88. The van der Waals surface area contributed by atoms with Crippen LogP contribution in [0.3, 0.4) is 0 Å². The number of nitrogens with zero attached hydrogens (tertiary/aromatic N) is 1. The summed E-state index contributed by atoms with van der Waals surface area (Å²) in [5.74, 6) is -2.11. The third-order valence-electron chi connectivity index (χ3n) is 3.16. The van der Waals surface area contributed by atoms with Gasteiger partial charge < -0.3 is 15.2 Å². The summed E-state index contributed by atoms with van der Waals surface area (Å²) in [4.78, 5) is 16.1. The molecule has 0 bridgehead atoms. The average molecular weight is 342 g/mol. The molecule has 0 saturated carbocycles. The van der Waals surface area contributed by atoms with Crippen molar-refractivity contribution < 1.29 is 23.4 Å². The van der Waals surface area contributed by atoms with Crippen molar-refractivity contribution in [2.45, 2.75) is 19.1 Å². The van der Waals surface area contributed by atoms with Crippen molar-refractivity contribution >= 4 is 17.2 Å². The van der Waals surface area contributed by atoms with Gasteiger partial charge in [-0.05, 0) is 13.0 Å². The lowest BCUT2D eigenvalue weighted by Gasteiger charge is -2.24. The Hall–Kier alpha value is -1.90. The first-order chi connectivity index (χ1) is 10.8. The number of ether oxygens (including phenoxy) is 1. The number of methoxy groups -OCH3 is 1. The fourth-order valence-corrected chi connectivity index (χ4v) is 2.71. The van der Waals surface area contributed by atoms with Crippen molar-refractivity contribution in [2.24, 2.45) is 0 Å². The maximum absolute atomic E-state index is 13.7. The third-order valence-corrected chi connectivity index (χ3v) is 3.98. The summed E-state index contributed by atoms with van der Waals surface area (Å²) in [6.45, 7) is 1.39. The van der Waals surface area contributed by atoms with Crippen LogP contribution in [-0.4, -0.2) is 29.7 Å². The Kier molecular flexibility index (Phi) is 5.40. The molecule has 0 spiro atoms. The van der Waals surface area contributed by atoms with E-state index in [0.717, 1.165) is 12.1 Å². The number of amides is 1. The van der Waals surface area contributed by atoms with Gasteiger partial charge in [-0.3, -0.25) is 4.79 Å². The van der Waals surface area contributed by atoms with Crippen LogP contribution in [0.25, 0.3) is 0 Å².